The largest absolute Gasteiger partial charge is 0.378 e. The summed E-state index contributed by atoms with van der Waals surface area (Å²) in [7, 11) is 4.04. The maximum Gasteiger partial charge on any atom is 0.0631 e. The van der Waals surface area contributed by atoms with Crippen LogP contribution in [0.3, 0.4) is 0 Å². The molecule has 0 N–H and O–H groups in total. The lowest BCUT2D eigenvalue weighted by atomic mass is 10.1. The first-order valence-electron chi connectivity index (χ1n) is 6.07. The van der Waals surface area contributed by atoms with E-state index in [0.29, 0.717) is 0 Å². The summed E-state index contributed by atoms with van der Waals surface area (Å²) in [5.41, 5.74) is 4.02. The van der Waals surface area contributed by atoms with Gasteiger partial charge in [-0.1, -0.05) is 18.1 Å². The van der Waals surface area contributed by atoms with Gasteiger partial charge in [-0.05, 0) is 42.0 Å². The molecule has 2 nitrogen and oxygen atoms in total. The van der Waals surface area contributed by atoms with Crippen LogP contribution in [0.1, 0.15) is 11.1 Å². The van der Waals surface area contributed by atoms with Crippen LogP contribution in [0.25, 0.3) is 0 Å². The first-order valence-corrected chi connectivity index (χ1v) is 6.07. The minimum absolute atomic E-state index is 0.882. The van der Waals surface area contributed by atoms with Crippen LogP contribution in [-0.2, 0) is 0 Å². The lowest BCUT2D eigenvalue weighted by molar-refractivity contribution is 1.13. The number of anilines is 1. The van der Waals surface area contributed by atoms with Gasteiger partial charge in [0.05, 0.1) is 5.69 Å². The Bertz CT molecular complexity index is 599. The van der Waals surface area contributed by atoms with Gasteiger partial charge in [0.1, 0.15) is 0 Å². The van der Waals surface area contributed by atoms with Gasteiger partial charge in [-0.2, -0.15) is 0 Å². The highest BCUT2D eigenvalue weighted by molar-refractivity contribution is 5.82. The van der Waals surface area contributed by atoms with Gasteiger partial charge in [-0.3, -0.25) is 4.99 Å². The molecule has 0 atom stereocenters. The summed E-state index contributed by atoms with van der Waals surface area (Å²) in [4.78, 5) is 6.50. The molecule has 0 aliphatic carbocycles. The summed E-state index contributed by atoms with van der Waals surface area (Å²) in [5.74, 6) is 2.60. The lowest BCUT2D eigenvalue weighted by Gasteiger charge is -2.11. The van der Waals surface area contributed by atoms with Crippen molar-refractivity contribution in [2.24, 2.45) is 4.99 Å². The van der Waals surface area contributed by atoms with Crippen LogP contribution in [0, 0.1) is 12.3 Å². The molecule has 0 aromatic heterocycles. The zero-order chi connectivity index (χ0) is 13.7. The molecular formula is C17H16N2. The second kappa shape index (κ2) is 5.88. The summed E-state index contributed by atoms with van der Waals surface area (Å²) in [6.07, 6.45) is 7.15. The molecule has 0 fully saturated rings. The molecule has 0 bridgehead atoms. The summed E-state index contributed by atoms with van der Waals surface area (Å²) in [6.45, 7) is 0. The molecule has 2 aromatic rings. The van der Waals surface area contributed by atoms with E-state index in [2.05, 4.69) is 15.8 Å². The Morgan fingerprint density at radius 1 is 1.00 bits per heavy atom. The zero-order valence-electron chi connectivity index (χ0n) is 11.2. The van der Waals surface area contributed by atoms with E-state index in [0.717, 1.165) is 22.5 Å². The molecule has 0 saturated carbocycles. The van der Waals surface area contributed by atoms with Crippen molar-refractivity contribution >= 4 is 17.6 Å². The smallest absolute Gasteiger partial charge is 0.0631 e. The normalized spacial score (nSPS) is 10.4. The summed E-state index contributed by atoms with van der Waals surface area (Å²) >= 11 is 0. The lowest BCUT2D eigenvalue weighted by Crippen LogP contribution is -2.07. The van der Waals surface area contributed by atoms with Crippen LogP contribution < -0.4 is 4.90 Å². The monoisotopic (exact) mass is 248 g/mol. The molecule has 0 heterocycles. The van der Waals surface area contributed by atoms with Crippen molar-refractivity contribution in [2.75, 3.05) is 19.0 Å². The minimum atomic E-state index is 0.882. The fourth-order valence-corrected chi connectivity index (χ4v) is 1.65. The van der Waals surface area contributed by atoms with E-state index >= 15 is 0 Å². The van der Waals surface area contributed by atoms with Gasteiger partial charge >= 0.3 is 0 Å². The average Bonchev–Trinajstić information content (AvgIpc) is 2.46. The van der Waals surface area contributed by atoms with E-state index in [1.54, 1.807) is 0 Å². The van der Waals surface area contributed by atoms with E-state index in [4.69, 9.17) is 6.42 Å². The van der Waals surface area contributed by atoms with Gasteiger partial charge < -0.3 is 4.90 Å². The first kappa shape index (κ1) is 12.9. The number of aliphatic imine (C=N–C) groups is 1. The quantitative estimate of drug-likeness (QED) is 0.599. The highest BCUT2D eigenvalue weighted by Gasteiger charge is 1.94. The molecule has 0 unspecified atom stereocenters. The second-order valence-corrected chi connectivity index (χ2v) is 4.44. The second-order valence-electron chi connectivity index (χ2n) is 4.44. The van der Waals surface area contributed by atoms with Gasteiger partial charge in [0.25, 0.3) is 0 Å². The minimum Gasteiger partial charge on any atom is -0.378 e. The van der Waals surface area contributed by atoms with Crippen LogP contribution in [0.2, 0.25) is 0 Å². The summed E-state index contributed by atoms with van der Waals surface area (Å²) in [6, 6.07) is 15.9. The maximum atomic E-state index is 5.32. The fourth-order valence-electron chi connectivity index (χ4n) is 1.65. The van der Waals surface area contributed by atoms with E-state index in [9.17, 15) is 0 Å². The molecular weight excluding hydrogens is 232 g/mol. The number of hydrogen-bond donors (Lipinski definition) is 0. The highest BCUT2D eigenvalue weighted by Crippen LogP contribution is 2.18. The molecule has 94 valence electrons. The number of nitrogens with zero attached hydrogens (tertiary/aromatic N) is 2. The average molecular weight is 248 g/mol. The number of terminal acetylenes is 1. The van der Waals surface area contributed by atoms with E-state index in [1.807, 2.05) is 68.8 Å². The molecule has 0 spiro atoms. The third-order valence-corrected chi connectivity index (χ3v) is 2.81. The van der Waals surface area contributed by atoms with E-state index in [1.165, 1.54) is 0 Å². The molecule has 0 radical (unpaired) electrons. The molecule has 0 amide bonds. The van der Waals surface area contributed by atoms with Gasteiger partial charge in [-0.15, -0.1) is 6.42 Å². The van der Waals surface area contributed by atoms with Gasteiger partial charge in [0, 0.05) is 31.6 Å². The Balaban J connectivity index is 2.11. The SMILES string of the molecule is C#Cc1ccc(C=Nc2ccc(N(C)C)cc2)cc1. The van der Waals surface area contributed by atoms with Crippen molar-refractivity contribution in [3.05, 3.63) is 59.7 Å². The van der Waals surface area contributed by atoms with Crippen LogP contribution in [0.15, 0.2) is 53.5 Å². The standard InChI is InChI=1S/C17H16N2/c1-4-14-5-7-15(8-6-14)13-18-16-9-11-17(12-10-16)19(2)3/h1,5-13H,2-3H3. The molecule has 2 aromatic carbocycles. The van der Waals surface area contributed by atoms with Crippen LogP contribution >= 0.6 is 0 Å². The van der Waals surface area contributed by atoms with E-state index < -0.39 is 0 Å². The van der Waals surface area contributed by atoms with Gasteiger partial charge in [0.15, 0.2) is 0 Å². The summed E-state index contributed by atoms with van der Waals surface area (Å²) < 4.78 is 0. The van der Waals surface area contributed by atoms with Crippen molar-refractivity contribution in [1.29, 1.82) is 0 Å². The molecule has 0 saturated heterocycles. The van der Waals surface area contributed by atoms with Crippen molar-refractivity contribution in [3.8, 4) is 12.3 Å². The molecule has 0 aliphatic heterocycles. The first-order chi connectivity index (χ1) is 9.19. The number of rotatable bonds is 3. The Kier molecular flexibility index (Phi) is 4.00. The maximum absolute atomic E-state index is 5.32. The van der Waals surface area contributed by atoms with Gasteiger partial charge in [-0.25, -0.2) is 0 Å². The highest BCUT2D eigenvalue weighted by atomic mass is 15.1. The predicted molar refractivity (Wildman–Crippen MR) is 82.4 cm³/mol. The Morgan fingerprint density at radius 3 is 2.16 bits per heavy atom. The molecule has 2 rings (SSSR count). The van der Waals surface area contributed by atoms with Crippen LogP contribution in [0.5, 0.6) is 0 Å². The molecule has 19 heavy (non-hydrogen) atoms. The Labute approximate surface area is 114 Å². The topological polar surface area (TPSA) is 15.6 Å². The van der Waals surface area contributed by atoms with Crippen LogP contribution in [-0.4, -0.2) is 20.3 Å². The van der Waals surface area contributed by atoms with Crippen molar-refractivity contribution in [3.63, 3.8) is 0 Å². The van der Waals surface area contributed by atoms with E-state index in [-0.39, 0.29) is 0 Å². The van der Waals surface area contributed by atoms with Crippen molar-refractivity contribution in [2.45, 2.75) is 0 Å². The Hall–Kier alpha value is -2.53. The Morgan fingerprint density at radius 2 is 1.63 bits per heavy atom. The number of benzene rings is 2. The third-order valence-electron chi connectivity index (χ3n) is 2.81. The van der Waals surface area contributed by atoms with Gasteiger partial charge in [0.2, 0.25) is 0 Å². The fraction of sp³-hybridized carbons (Fsp3) is 0.118. The zero-order valence-corrected chi connectivity index (χ0v) is 11.2. The molecule has 2 heteroatoms. The molecule has 0 aliphatic rings. The van der Waals surface area contributed by atoms with Crippen molar-refractivity contribution < 1.29 is 0 Å². The van der Waals surface area contributed by atoms with Crippen LogP contribution in [0.4, 0.5) is 11.4 Å². The predicted octanol–water partition coefficient (Wildman–Crippen LogP) is 3.48. The third kappa shape index (κ3) is 3.46. The number of hydrogen-bond acceptors (Lipinski definition) is 2. The summed E-state index contributed by atoms with van der Waals surface area (Å²) in [5, 5.41) is 0. The van der Waals surface area contributed by atoms with Crippen molar-refractivity contribution in [1.82, 2.24) is 0 Å².